The lowest BCUT2D eigenvalue weighted by Crippen LogP contribution is -2.33. The first kappa shape index (κ1) is 18.7. The van der Waals surface area contributed by atoms with Crippen molar-refractivity contribution < 1.29 is 4.79 Å². The molecule has 0 atom stereocenters. The molecule has 0 bridgehead atoms. The first-order valence-corrected chi connectivity index (χ1v) is 10.4. The number of nitrogens with one attached hydrogen (secondary N) is 1. The third kappa shape index (κ3) is 3.44. The van der Waals surface area contributed by atoms with Crippen LogP contribution in [0.25, 0.3) is 11.4 Å². The van der Waals surface area contributed by atoms with Gasteiger partial charge in [0.25, 0.3) is 0 Å². The number of thioether (sulfide) groups is 1. The molecule has 0 unspecified atom stereocenters. The van der Waals surface area contributed by atoms with Gasteiger partial charge in [0.2, 0.25) is 5.91 Å². The zero-order chi connectivity index (χ0) is 19.9. The van der Waals surface area contributed by atoms with Gasteiger partial charge >= 0.3 is 0 Å². The van der Waals surface area contributed by atoms with Crippen molar-refractivity contribution in [3.05, 3.63) is 59.2 Å². The molecule has 144 valence electrons. The molecule has 1 N–H and O–H groups in total. The molecule has 2 aromatic carbocycles. The van der Waals surface area contributed by atoms with E-state index in [0.29, 0.717) is 5.75 Å². The van der Waals surface area contributed by atoms with E-state index in [4.69, 9.17) is 0 Å². The summed E-state index contributed by atoms with van der Waals surface area (Å²) in [5, 5.41) is 12.6. The second kappa shape index (κ2) is 7.09. The van der Waals surface area contributed by atoms with Crippen molar-refractivity contribution in [3.8, 4) is 11.4 Å². The predicted octanol–water partition coefficient (Wildman–Crippen LogP) is 4.58. The molecule has 0 saturated heterocycles. The largest absolute Gasteiger partial charge is 0.325 e. The average Bonchev–Trinajstić information content (AvgIpc) is 3.08. The Labute approximate surface area is 169 Å². The summed E-state index contributed by atoms with van der Waals surface area (Å²) >= 11 is 1.43. The molecule has 2 heterocycles. The van der Waals surface area contributed by atoms with Crippen molar-refractivity contribution in [2.24, 2.45) is 0 Å². The van der Waals surface area contributed by atoms with E-state index in [0.717, 1.165) is 34.2 Å². The minimum absolute atomic E-state index is 0.0420. The van der Waals surface area contributed by atoms with Crippen LogP contribution in [0, 0.1) is 13.8 Å². The lowest BCUT2D eigenvalue weighted by molar-refractivity contribution is -0.113. The third-order valence-corrected chi connectivity index (χ3v) is 6.17. The molecule has 1 amide bonds. The normalized spacial score (nSPS) is 14.3. The molecule has 0 aliphatic carbocycles. The van der Waals surface area contributed by atoms with Crippen LogP contribution in [-0.2, 0) is 16.8 Å². The van der Waals surface area contributed by atoms with Gasteiger partial charge in [0.05, 0.1) is 5.75 Å². The Kier molecular flexibility index (Phi) is 4.75. The average molecular weight is 393 g/mol. The number of hydrogen-bond acceptors (Lipinski definition) is 4. The lowest BCUT2D eigenvalue weighted by atomic mass is 9.87. The first-order valence-electron chi connectivity index (χ1n) is 9.39. The van der Waals surface area contributed by atoms with Crippen LogP contribution in [0.5, 0.6) is 0 Å². The molecule has 6 heteroatoms. The van der Waals surface area contributed by atoms with Crippen LogP contribution in [0.1, 0.15) is 30.5 Å². The highest BCUT2D eigenvalue weighted by Gasteiger charge is 2.34. The molecule has 3 aromatic rings. The van der Waals surface area contributed by atoms with Crippen LogP contribution in [0.2, 0.25) is 0 Å². The third-order valence-electron chi connectivity index (χ3n) is 5.24. The standard InChI is InChI=1S/C22H24N4OS/c1-14-9-10-17(11-15(14)2)23-19(27)13-28-21-25-24-20-18-8-6-5-7-16(18)12-22(3,4)26(20)21/h5-11H,12-13H2,1-4H3,(H,23,27). The van der Waals surface area contributed by atoms with Crippen molar-refractivity contribution in [1.82, 2.24) is 14.8 Å². The van der Waals surface area contributed by atoms with E-state index in [1.807, 2.05) is 31.2 Å². The number of carbonyl (C=O) groups excluding carboxylic acids is 1. The molecule has 28 heavy (non-hydrogen) atoms. The quantitative estimate of drug-likeness (QED) is 0.660. The molecular weight excluding hydrogens is 368 g/mol. The molecule has 1 aliphatic heterocycles. The number of carbonyl (C=O) groups is 1. The maximum absolute atomic E-state index is 12.4. The van der Waals surface area contributed by atoms with Gasteiger partial charge in [0, 0.05) is 16.8 Å². The second-order valence-corrected chi connectivity index (χ2v) is 8.87. The van der Waals surface area contributed by atoms with Gasteiger partial charge in [-0.05, 0) is 62.9 Å². The highest BCUT2D eigenvalue weighted by atomic mass is 32.2. The van der Waals surface area contributed by atoms with Crippen LogP contribution in [-0.4, -0.2) is 26.4 Å². The number of aromatic nitrogens is 3. The number of hydrogen-bond donors (Lipinski definition) is 1. The van der Waals surface area contributed by atoms with E-state index in [1.165, 1.54) is 22.9 Å². The molecule has 0 radical (unpaired) electrons. The van der Waals surface area contributed by atoms with E-state index >= 15 is 0 Å². The zero-order valence-electron chi connectivity index (χ0n) is 16.6. The number of aryl methyl sites for hydroxylation is 2. The first-order chi connectivity index (χ1) is 13.3. The minimum atomic E-state index is -0.139. The fourth-order valence-electron chi connectivity index (χ4n) is 3.67. The Morgan fingerprint density at radius 3 is 2.71 bits per heavy atom. The van der Waals surface area contributed by atoms with Crippen LogP contribution in [0.15, 0.2) is 47.6 Å². The fraction of sp³-hybridized carbons (Fsp3) is 0.318. The Morgan fingerprint density at radius 1 is 1.14 bits per heavy atom. The van der Waals surface area contributed by atoms with Gasteiger partial charge in [0.15, 0.2) is 11.0 Å². The molecule has 4 rings (SSSR count). The maximum atomic E-state index is 12.4. The number of fused-ring (bicyclic) bond motifs is 3. The molecule has 0 saturated carbocycles. The van der Waals surface area contributed by atoms with Crippen molar-refractivity contribution in [1.29, 1.82) is 0 Å². The number of nitrogens with zero attached hydrogens (tertiary/aromatic N) is 3. The number of amides is 1. The molecule has 0 spiro atoms. The summed E-state index contributed by atoms with van der Waals surface area (Å²) in [7, 11) is 0. The monoisotopic (exact) mass is 392 g/mol. The van der Waals surface area contributed by atoms with E-state index in [2.05, 4.69) is 59.1 Å². The summed E-state index contributed by atoms with van der Waals surface area (Å²) in [4.78, 5) is 12.4. The Morgan fingerprint density at radius 2 is 1.93 bits per heavy atom. The van der Waals surface area contributed by atoms with Crippen LogP contribution >= 0.6 is 11.8 Å². The lowest BCUT2D eigenvalue weighted by Gasteiger charge is -2.34. The summed E-state index contributed by atoms with van der Waals surface area (Å²) < 4.78 is 2.17. The summed E-state index contributed by atoms with van der Waals surface area (Å²) in [5.41, 5.74) is 5.48. The topological polar surface area (TPSA) is 59.8 Å². The van der Waals surface area contributed by atoms with Crippen LogP contribution in [0.3, 0.4) is 0 Å². The van der Waals surface area contributed by atoms with Crippen LogP contribution in [0.4, 0.5) is 5.69 Å². The summed E-state index contributed by atoms with van der Waals surface area (Å²) in [6, 6.07) is 14.3. The number of rotatable bonds is 4. The van der Waals surface area contributed by atoms with Gasteiger partial charge in [-0.15, -0.1) is 10.2 Å². The number of benzene rings is 2. The van der Waals surface area contributed by atoms with E-state index < -0.39 is 0 Å². The van der Waals surface area contributed by atoms with Gasteiger partial charge in [-0.1, -0.05) is 42.1 Å². The SMILES string of the molecule is Cc1ccc(NC(=O)CSc2nnc3n2C(C)(C)Cc2ccccc2-3)cc1C. The highest BCUT2D eigenvalue weighted by Crippen LogP contribution is 2.39. The summed E-state index contributed by atoms with van der Waals surface area (Å²) in [5.74, 6) is 1.13. The molecule has 0 fully saturated rings. The van der Waals surface area contributed by atoms with E-state index in [9.17, 15) is 4.79 Å². The molecular formula is C22H24N4OS. The fourth-order valence-corrected chi connectivity index (χ4v) is 4.56. The van der Waals surface area contributed by atoms with Gasteiger partial charge in [-0.25, -0.2) is 0 Å². The van der Waals surface area contributed by atoms with Crippen molar-refractivity contribution in [2.45, 2.75) is 44.8 Å². The zero-order valence-corrected chi connectivity index (χ0v) is 17.4. The van der Waals surface area contributed by atoms with Crippen molar-refractivity contribution >= 4 is 23.4 Å². The number of anilines is 1. The maximum Gasteiger partial charge on any atom is 0.234 e. The van der Waals surface area contributed by atoms with E-state index in [1.54, 1.807) is 0 Å². The van der Waals surface area contributed by atoms with Crippen molar-refractivity contribution in [2.75, 3.05) is 11.1 Å². The summed E-state index contributed by atoms with van der Waals surface area (Å²) in [6.07, 6.45) is 0.913. The molecule has 5 nitrogen and oxygen atoms in total. The second-order valence-electron chi connectivity index (χ2n) is 7.92. The van der Waals surface area contributed by atoms with Crippen molar-refractivity contribution in [3.63, 3.8) is 0 Å². The summed E-state index contributed by atoms with van der Waals surface area (Å²) in [6.45, 7) is 8.48. The minimum Gasteiger partial charge on any atom is -0.325 e. The smallest absolute Gasteiger partial charge is 0.234 e. The molecule has 1 aliphatic rings. The Balaban J connectivity index is 1.52. The predicted molar refractivity (Wildman–Crippen MR) is 114 cm³/mol. The van der Waals surface area contributed by atoms with Gasteiger partial charge in [0.1, 0.15) is 0 Å². The van der Waals surface area contributed by atoms with Gasteiger partial charge < -0.3 is 5.32 Å². The van der Waals surface area contributed by atoms with E-state index in [-0.39, 0.29) is 11.4 Å². The highest BCUT2D eigenvalue weighted by molar-refractivity contribution is 7.99. The van der Waals surface area contributed by atoms with Gasteiger partial charge in [-0.3, -0.25) is 9.36 Å². The Bertz CT molecular complexity index is 1050. The van der Waals surface area contributed by atoms with Crippen LogP contribution < -0.4 is 5.32 Å². The molecule has 1 aromatic heterocycles. The van der Waals surface area contributed by atoms with Gasteiger partial charge in [-0.2, -0.15) is 0 Å². The Hall–Kier alpha value is -2.60.